The first-order valence-corrected chi connectivity index (χ1v) is 6.45. The van der Waals surface area contributed by atoms with Gasteiger partial charge < -0.3 is 19.9 Å². The lowest BCUT2D eigenvalue weighted by Crippen LogP contribution is -2.34. The highest BCUT2D eigenvalue weighted by atomic mass is 16.5. The van der Waals surface area contributed by atoms with Gasteiger partial charge in [0.15, 0.2) is 6.10 Å². The first-order valence-electron chi connectivity index (χ1n) is 6.45. The van der Waals surface area contributed by atoms with E-state index in [1.807, 2.05) is 36.0 Å². The second-order valence-corrected chi connectivity index (χ2v) is 4.77. The second-order valence-electron chi connectivity index (χ2n) is 4.77. The number of aromatic nitrogens is 2. The summed E-state index contributed by atoms with van der Waals surface area (Å²) in [4.78, 5) is 15.8. The fourth-order valence-corrected chi connectivity index (χ4v) is 2.07. The molecule has 1 unspecified atom stereocenters. The Labute approximate surface area is 116 Å². The van der Waals surface area contributed by atoms with Crippen LogP contribution in [0, 0.1) is 0 Å². The average Bonchev–Trinajstić information content (AvgIpc) is 2.83. The first-order chi connectivity index (χ1) is 9.63. The molecule has 20 heavy (non-hydrogen) atoms. The molecule has 0 radical (unpaired) electrons. The molecule has 6 heteroatoms. The Morgan fingerprint density at radius 3 is 3.10 bits per heavy atom. The van der Waals surface area contributed by atoms with E-state index in [2.05, 4.69) is 15.6 Å². The number of hydrogen-bond acceptors (Lipinski definition) is 4. The smallest absolute Gasteiger partial charge is 0.265 e. The zero-order chi connectivity index (χ0) is 14.1. The number of fused-ring (bicyclic) bond motifs is 1. The number of imidazole rings is 1. The van der Waals surface area contributed by atoms with Gasteiger partial charge in [-0.2, -0.15) is 0 Å². The summed E-state index contributed by atoms with van der Waals surface area (Å²) in [7, 11) is 1.95. The molecule has 0 bridgehead atoms. The highest BCUT2D eigenvalue weighted by molar-refractivity contribution is 5.98. The van der Waals surface area contributed by atoms with Crippen LogP contribution in [0.15, 0.2) is 30.6 Å². The molecule has 3 rings (SSSR count). The van der Waals surface area contributed by atoms with Crippen LogP contribution in [-0.4, -0.2) is 21.6 Å². The molecule has 1 aliphatic rings. The van der Waals surface area contributed by atoms with Crippen LogP contribution in [0.4, 0.5) is 11.4 Å². The van der Waals surface area contributed by atoms with Gasteiger partial charge in [0.05, 0.1) is 12.2 Å². The van der Waals surface area contributed by atoms with Crippen LogP contribution in [-0.2, 0) is 18.4 Å². The van der Waals surface area contributed by atoms with E-state index in [0.717, 1.165) is 11.5 Å². The molecule has 0 spiro atoms. The Balaban J connectivity index is 1.74. The third kappa shape index (κ3) is 2.32. The fraction of sp³-hybridized carbons (Fsp3) is 0.286. The van der Waals surface area contributed by atoms with E-state index in [-0.39, 0.29) is 5.91 Å². The molecule has 1 amide bonds. The monoisotopic (exact) mass is 272 g/mol. The first kappa shape index (κ1) is 12.5. The molecule has 1 atom stereocenters. The largest absolute Gasteiger partial charge is 0.479 e. The van der Waals surface area contributed by atoms with Crippen LogP contribution in [0.2, 0.25) is 0 Å². The molecule has 2 aromatic rings. The molecule has 1 aliphatic heterocycles. The zero-order valence-corrected chi connectivity index (χ0v) is 11.4. The van der Waals surface area contributed by atoms with Crippen molar-refractivity contribution in [3.8, 4) is 5.75 Å². The normalized spacial score (nSPS) is 17.1. The summed E-state index contributed by atoms with van der Waals surface area (Å²) >= 11 is 0. The summed E-state index contributed by atoms with van der Waals surface area (Å²) in [5.74, 6) is 1.51. The van der Waals surface area contributed by atoms with Crippen LogP contribution in [0.3, 0.4) is 0 Å². The molecule has 104 valence electrons. The standard InChI is InChI=1S/C14H16N4O2/c1-9-14(19)17-11-7-10(3-4-12(11)20-9)16-8-13-15-5-6-18(13)2/h3-7,9,16H,8H2,1-2H3,(H,17,19). The van der Waals surface area contributed by atoms with Crippen molar-refractivity contribution >= 4 is 17.3 Å². The SMILES string of the molecule is CC1Oc2ccc(NCc3nccn3C)cc2NC1=O. The summed E-state index contributed by atoms with van der Waals surface area (Å²) in [6, 6.07) is 5.64. The van der Waals surface area contributed by atoms with Gasteiger partial charge >= 0.3 is 0 Å². The highest BCUT2D eigenvalue weighted by Crippen LogP contribution is 2.32. The van der Waals surface area contributed by atoms with Gasteiger partial charge in [0.2, 0.25) is 0 Å². The summed E-state index contributed by atoms with van der Waals surface area (Å²) in [6.07, 6.45) is 3.22. The maximum absolute atomic E-state index is 11.6. The lowest BCUT2D eigenvalue weighted by molar-refractivity contribution is -0.122. The highest BCUT2D eigenvalue weighted by Gasteiger charge is 2.23. The summed E-state index contributed by atoms with van der Waals surface area (Å²) in [5.41, 5.74) is 1.60. The third-order valence-electron chi connectivity index (χ3n) is 3.28. The van der Waals surface area contributed by atoms with Gasteiger partial charge in [-0.25, -0.2) is 4.98 Å². The van der Waals surface area contributed by atoms with E-state index < -0.39 is 6.10 Å². The number of carbonyl (C=O) groups excluding carboxylic acids is 1. The number of aryl methyl sites for hydroxylation is 1. The zero-order valence-electron chi connectivity index (χ0n) is 11.4. The molecule has 0 saturated heterocycles. The molecule has 0 fully saturated rings. The van der Waals surface area contributed by atoms with E-state index >= 15 is 0 Å². The Morgan fingerprint density at radius 2 is 2.35 bits per heavy atom. The van der Waals surface area contributed by atoms with Gasteiger partial charge in [-0.05, 0) is 25.1 Å². The van der Waals surface area contributed by atoms with Crippen molar-refractivity contribution < 1.29 is 9.53 Å². The molecule has 0 saturated carbocycles. The van der Waals surface area contributed by atoms with Crippen LogP contribution in [0.5, 0.6) is 5.75 Å². The number of nitrogens with one attached hydrogen (secondary N) is 2. The summed E-state index contributed by atoms with van der Waals surface area (Å²) in [6.45, 7) is 2.35. The van der Waals surface area contributed by atoms with Crippen molar-refractivity contribution in [3.05, 3.63) is 36.4 Å². The van der Waals surface area contributed by atoms with Crippen molar-refractivity contribution in [1.29, 1.82) is 0 Å². The number of rotatable bonds is 3. The molecule has 1 aromatic carbocycles. The number of amides is 1. The van der Waals surface area contributed by atoms with Crippen molar-refractivity contribution in [2.45, 2.75) is 19.6 Å². The van der Waals surface area contributed by atoms with Crippen molar-refractivity contribution in [1.82, 2.24) is 9.55 Å². The van der Waals surface area contributed by atoms with E-state index in [1.165, 1.54) is 0 Å². The molecule has 2 N–H and O–H groups in total. The summed E-state index contributed by atoms with van der Waals surface area (Å²) < 4.78 is 7.47. The molecule has 1 aromatic heterocycles. The maximum Gasteiger partial charge on any atom is 0.265 e. The Bertz CT molecular complexity index is 650. The Kier molecular flexibility index (Phi) is 3.06. The number of carbonyl (C=O) groups is 1. The lowest BCUT2D eigenvalue weighted by atomic mass is 10.2. The number of nitrogens with zero attached hydrogens (tertiary/aromatic N) is 2. The topological polar surface area (TPSA) is 68.2 Å². The molecule has 2 heterocycles. The minimum absolute atomic E-state index is 0.126. The average molecular weight is 272 g/mol. The van der Waals surface area contributed by atoms with E-state index in [0.29, 0.717) is 18.0 Å². The van der Waals surface area contributed by atoms with Gasteiger partial charge in [-0.15, -0.1) is 0 Å². The van der Waals surface area contributed by atoms with Gasteiger partial charge in [0.25, 0.3) is 5.91 Å². The molecule has 6 nitrogen and oxygen atoms in total. The van der Waals surface area contributed by atoms with E-state index in [1.54, 1.807) is 13.1 Å². The maximum atomic E-state index is 11.6. The van der Waals surface area contributed by atoms with Crippen LogP contribution in [0.1, 0.15) is 12.7 Å². The second kappa shape index (κ2) is 4.88. The predicted molar refractivity (Wildman–Crippen MR) is 75.7 cm³/mol. The lowest BCUT2D eigenvalue weighted by Gasteiger charge is -2.23. The summed E-state index contributed by atoms with van der Waals surface area (Å²) in [5, 5.41) is 6.10. The van der Waals surface area contributed by atoms with Crippen LogP contribution < -0.4 is 15.4 Å². The van der Waals surface area contributed by atoms with Gasteiger partial charge in [-0.1, -0.05) is 0 Å². The van der Waals surface area contributed by atoms with Gasteiger partial charge in [0, 0.05) is 25.1 Å². The van der Waals surface area contributed by atoms with E-state index in [4.69, 9.17) is 4.74 Å². The Morgan fingerprint density at radius 1 is 1.50 bits per heavy atom. The third-order valence-corrected chi connectivity index (χ3v) is 3.28. The molecular formula is C14H16N4O2. The van der Waals surface area contributed by atoms with Crippen LogP contribution in [0.25, 0.3) is 0 Å². The quantitative estimate of drug-likeness (QED) is 0.893. The van der Waals surface area contributed by atoms with E-state index in [9.17, 15) is 4.79 Å². The minimum Gasteiger partial charge on any atom is -0.479 e. The predicted octanol–water partition coefficient (Wildman–Crippen LogP) is 1.75. The van der Waals surface area contributed by atoms with Gasteiger partial charge in [0.1, 0.15) is 11.6 Å². The van der Waals surface area contributed by atoms with Gasteiger partial charge in [-0.3, -0.25) is 4.79 Å². The fourth-order valence-electron chi connectivity index (χ4n) is 2.07. The van der Waals surface area contributed by atoms with Crippen molar-refractivity contribution in [2.75, 3.05) is 10.6 Å². The molecule has 0 aliphatic carbocycles. The van der Waals surface area contributed by atoms with Crippen LogP contribution >= 0.6 is 0 Å². The minimum atomic E-state index is -0.450. The number of ether oxygens (including phenoxy) is 1. The molecular weight excluding hydrogens is 256 g/mol. The van der Waals surface area contributed by atoms with Crippen molar-refractivity contribution in [3.63, 3.8) is 0 Å². The number of benzene rings is 1. The van der Waals surface area contributed by atoms with Crippen molar-refractivity contribution in [2.24, 2.45) is 7.05 Å². The number of anilines is 2. The number of hydrogen-bond donors (Lipinski definition) is 2. The Hall–Kier alpha value is -2.50.